The minimum absolute atomic E-state index is 0.0110. The zero-order chi connectivity index (χ0) is 18.8. The molecule has 26 heavy (non-hydrogen) atoms. The van der Waals surface area contributed by atoms with E-state index in [1.54, 1.807) is 44.2 Å². The summed E-state index contributed by atoms with van der Waals surface area (Å²) < 4.78 is 7.73. The molecule has 0 bridgehead atoms. The molecular weight excluding hydrogens is 378 g/mol. The number of aromatic nitrogens is 2. The van der Waals surface area contributed by atoms with Crippen LogP contribution in [0.2, 0.25) is 4.34 Å². The maximum absolute atomic E-state index is 12.0. The Balaban J connectivity index is 1.72. The molecular formula is C17H14ClN3O4S. The van der Waals surface area contributed by atoms with E-state index in [0.29, 0.717) is 32.1 Å². The first-order valence-electron chi connectivity index (χ1n) is 7.60. The second kappa shape index (κ2) is 7.27. The lowest BCUT2D eigenvalue weighted by atomic mass is 10.3. The van der Waals surface area contributed by atoms with Crippen LogP contribution in [0.5, 0.6) is 0 Å². The highest BCUT2D eigenvalue weighted by Gasteiger charge is 2.22. The number of furan rings is 1. The highest BCUT2D eigenvalue weighted by atomic mass is 35.5. The third-order valence-corrected chi connectivity index (χ3v) is 4.97. The molecule has 0 aliphatic rings. The largest absolute Gasteiger partial charge is 0.460 e. The van der Waals surface area contributed by atoms with Gasteiger partial charge in [-0.05, 0) is 50.3 Å². The van der Waals surface area contributed by atoms with Crippen LogP contribution in [0.15, 0.2) is 34.8 Å². The monoisotopic (exact) mass is 391 g/mol. The van der Waals surface area contributed by atoms with Crippen LogP contribution in [0.1, 0.15) is 32.6 Å². The summed E-state index contributed by atoms with van der Waals surface area (Å²) in [6.07, 6.45) is 2.99. The average molecular weight is 392 g/mol. The fourth-order valence-corrected chi connectivity index (χ4v) is 3.47. The second-order valence-corrected chi connectivity index (χ2v) is 7.25. The van der Waals surface area contributed by atoms with Crippen molar-refractivity contribution in [3.05, 3.63) is 72.6 Å². The third-order valence-electron chi connectivity index (χ3n) is 3.73. The van der Waals surface area contributed by atoms with Gasteiger partial charge in [0, 0.05) is 0 Å². The Kier molecular flexibility index (Phi) is 5.06. The van der Waals surface area contributed by atoms with Crippen LogP contribution >= 0.6 is 22.9 Å². The number of thiophene rings is 1. The summed E-state index contributed by atoms with van der Waals surface area (Å²) in [5.74, 6) is 0.929. The van der Waals surface area contributed by atoms with E-state index < -0.39 is 4.92 Å². The van der Waals surface area contributed by atoms with Gasteiger partial charge in [-0.15, -0.1) is 11.3 Å². The zero-order valence-corrected chi connectivity index (χ0v) is 15.5. The molecule has 7 nitrogen and oxygen atoms in total. The number of ketones is 1. The van der Waals surface area contributed by atoms with E-state index in [9.17, 15) is 14.9 Å². The molecule has 0 radical (unpaired) electrons. The molecule has 3 aromatic rings. The van der Waals surface area contributed by atoms with Gasteiger partial charge in [0.1, 0.15) is 22.9 Å². The molecule has 0 aliphatic carbocycles. The van der Waals surface area contributed by atoms with Gasteiger partial charge in [0.25, 0.3) is 0 Å². The maximum atomic E-state index is 12.0. The van der Waals surface area contributed by atoms with Gasteiger partial charge < -0.3 is 4.42 Å². The summed E-state index contributed by atoms with van der Waals surface area (Å²) in [6, 6.07) is 6.81. The molecule has 0 saturated heterocycles. The lowest BCUT2D eigenvalue weighted by molar-refractivity contribution is -0.386. The van der Waals surface area contributed by atoms with E-state index in [1.165, 1.54) is 22.1 Å². The molecule has 0 aliphatic heterocycles. The number of rotatable bonds is 6. The fourth-order valence-electron chi connectivity index (χ4n) is 2.51. The van der Waals surface area contributed by atoms with Crippen LogP contribution in [0, 0.1) is 24.0 Å². The molecule has 3 aromatic heterocycles. The van der Waals surface area contributed by atoms with Crippen molar-refractivity contribution in [2.75, 3.05) is 0 Å². The maximum Gasteiger partial charge on any atom is 0.312 e. The fraction of sp³-hybridized carbons (Fsp3) is 0.176. The van der Waals surface area contributed by atoms with Crippen LogP contribution in [-0.4, -0.2) is 20.5 Å². The van der Waals surface area contributed by atoms with Crippen molar-refractivity contribution < 1.29 is 14.1 Å². The van der Waals surface area contributed by atoms with E-state index in [4.69, 9.17) is 16.0 Å². The minimum atomic E-state index is -0.438. The van der Waals surface area contributed by atoms with Crippen LogP contribution in [0.25, 0.3) is 6.08 Å². The SMILES string of the molecule is Cc1nn(Cc2ccc(/C=C/C(=O)c3ccc(Cl)s3)o2)c(C)c1[N+](=O)[O-]. The van der Waals surface area contributed by atoms with E-state index in [2.05, 4.69) is 5.10 Å². The number of aryl methyl sites for hydroxylation is 1. The molecule has 0 spiro atoms. The van der Waals surface area contributed by atoms with Gasteiger partial charge in [-0.2, -0.15) is 5.10 Å². The number of hydrogen-bond acceptors (Lipinski definition) is 6. The summed E-state index contributed by atoms with van der Waals surface area (Å²) in [7, 11) is 0. The molecule has 9 heteroatoms. The standard InChI is InChI=1S/C17H14ClN3O4S/c1-10-17(21(23)24)11(2)20(19-10)9-13-4-3-12(25-13)5-6-14(22)15-7-8-16(18)26-15/h3-8H,9H2,1-2H3/b6-5+. The Labute approximate surface area is 157 Å². The quantitative estimate of drug-likeness (QED) is 0.264. The van der Waals surface area contributed by atoms with Crippen molar-refractivity contribution in [2.24, 2.45) is 0 Å². The molecule has 0 aromatic carbocycles. The number of hydrogen-bond donors (Lipinski definition) is 0. The summed E-state index contributed by atoms with van der Waals surface area (Å²) in [6.45, 7) is 3.51. The number of carbonyl (C=O) groups is 1. The molecule has 3 heterocycles. The van der Waals surface area contributed by atoms with Gasteiger partial charge >= 0.3 is 5.69 Å². The summed E-state index contributed by atoms with van der Waals surface area (Å²) in [5.41, 5.74) is 0.835. The van der Waals surface area contributed by atoms with Crippen LogP contribution in [0.4, 0.5) is 5.69 Å². The van der Waals surface area contributed by atoms with Crippen molar-refractivity contribution in [2.45, 2.75) is 20.4 Å². The molecule has 0 saturated carbocycles. The summed E-state index contributed by atoms with van der Waals surface area (Å²) in [4.78, 5) is 23.2. The lowest BCUT2D eigenvalue weighted by Gasteiger charge is -2.00. The van der Waals surface area contributed by atoms with Crippen molar-refractivity contribution in [3.8, 4) is 0 Å². The number of carbonyl (C=O) groups excluding carboxylic acids is 1. The van der Waals surface area contributed by atoms with Crippen molar-refractivity contribution >= 4 is 40.5 Å². The van der Waals surface area contributed by atoms with Crippen LogP contribution in [0.3, 0.4) is 0 Å². The van der Waals surface area contributed by atoms with Gasteiger partial charge in [0.05, 0.1) is 20.7 Å². The number of allylic oxidation sites excluding steroid dienone is 1. The minimum Gasteiger partial charge on any atom is -0.460 e. The molecule has 134 valence electrons. The molecule has 0 fully saturated rings. The van der Waals surface area contributed by atoms with Gasteiger partial charge in [-0.1, -0.05) is 11.6 Å². The summed E-state index contributed by atoms with van der Waals surface area (Å²) >= 11 is 7.03. The van der Waals surface area contributed by atoms with Gasteiger partial charge in [-0.25, -0.2) is 0 Å². The first-order chi connectivity index (χ1) is 12.3. The predicted molar refractivity (Wildman–Crippen MR) is 98.9 cm³/mol. The number of halogens is 1. The van der Waals surface area contributed by atoms with E-state index >= 15 is 0 Å². The molecule has 0 atom stereocenters. The van der Waals surface area contributed by atoms with Gasteiger partial charge in [-0.3, -0.25) is 19.6 Å². The Hall–Kier alpha value is -2.71. The number of nitrogens with zero attached hydrogens (tertiary/aromatic N) is 3. The molecule has 0 N–H and O–H groups in total. The lowest BCUT2D eigenvalue weighted by Crippen LogP contribution is -2.03. The van der Waals surface area contributed by atoms with Crippen molar-refractivity contribution in [1.82, 2.24) is 9.78 Å². The van der Waals surface area contributed by atoms with E-state index in [0.717, 1.165) is 0 Å². The van der Waals surface area contributed by atoms with Crippen LogP contribution in [-0.2, 0) is 6.54 Å². The Morgan fingerprint density at radius 2 is 2.15 bits per heavy atom. The Bertz CT molecular complexity index is 1020. The third kappa shape index (κ3) is 3.76. The smallest absolute Gasteiger partial charge is 0.312 e. The predicted octanol–water partition coefficient (Wildman–Crippen LogP) is 4.66. The Morgan fingerprint density at radius 1 is 1.38 bits per heavy atom. The van der Waals surface area contributed by atoms with Gasteiger partial charge in [0.15, 0.2) is 5.78 Å². The topological polar surface area (TPSA) is 91.2 Å². The normalized spacial score (nSPS) is 11.3. The molecule has 0 amide bonds. The van der Waals surface area contributed by atoms with Gasteiger partial charge in [0.2, 0.25) is 0 Å². The van der Waals surface area contributed by atoms with Crippen molar-refractivity contribution in [1.29, 1.82) is 0 Å². The first-order valence-corrected chi connectivity index (χ1v) is 8.79. The number of nitro groups is 1. The van der Waals surface area contributed by atoms with E-state index in [-0.39, 0.29) is 18.0 Å². The zero-order valence-electron chi connectivity index (χ0n) is 13.9. The summed E-state index contributed by atoms with van der Waals surface area (Å²) in [5, 5.41) is 15.2. The highest BCUT2D eigenvalue weighted by Crippen LogP contribution is 2.24. The Morgan fingerprint density at radius 3 is 2.77 bits per heavy atom. The van der Waals surface area contributed by atoms with Crippen molar-refractivity contribution in [3.63, 3.8) is 0 Å². The van der Waals surface area contributed by atoms with Crippen LogP contribution < -0.4 is 0 Å². The molecule has 3 rings (SSSR count). The highest BCUT2D eigenvalue weighted by molar-refractivity contribution is 7.18. The molecule has 0 unspecified atom stereocenters. The average Bonchev–Trinajstić information content (AvgIpc) is 3.26. The first kappa shape index (κ1) is 18.1. The van der Waals surface area contributed by atoms with E-state index in [1.807, 2.05) is 0 Å². The second-order valence-electron chi connectivity index (χ2n) is 5.54.